The zero-order valence-corrected chi connectivity index (χ0v) is 11.7. The van der Waals surface area contributed by atoms with E-state index in [9.17, 15) is 4.79 Å². The normalized spacial score (nSPS) is 10.1. The molecule has 3 nitrogen and oxygen atoms in total. The summed E-state index contributed by atoms with van der Waals surface area (Å²) in [4.78, 5) is 11.5. The average molecular weight is 289 g/mol. The second-order valence-electron chi connectivity index (χ2n) is 3.99. The van der Waals surface area contributed by atoms with Gasteiger partial charge < -0.3 is 10.6 Å². The highest BCUT2D eigenvalue weighted by Crippen LogP contribution is 2.13. The van der Waals surface area contributed by atoms with E-state index in [1.807, 2.05) is 0 Å². The van der Waals surface area contributed by atoms with Crippen molar-refractivity contribution in [1.82, 2.24) is 5.32 Å². The van der Waals surface area contributed by atoms with Crippen molar-refractivity contribution in [2.75, 3.05) is 17.7 Å². The summed E-state index contributed by atoms with van der Waals surface area (Å²) in [7, 11) is 0. The highest BCUT2D eigenvalue weighted by atomic mass is 35.5. The molecule has 0 aliphatic rings. The minimum atomic E-state index is -0.185. The molecule has 0 radical (unpaired) electrons. The number of carbonyl (C=O) groups is 1. The van der Waals surface area contributed by atoms with Gasteiger partial charge in [-0.05, 0) is 37.1 Å². The molecule has 0 aromatic heterocycles. The first-order valence-electron chi connectivity index (χ1n) is 6.09. The number of hydrogen-bond acceptors (Lipinski definition) is 1. The lowest BCUT2D eigenvalue weighted by Gasteiger charge is -2.07. The topological polar surface area (TPSA) is 41.1 Å². The van der Waals surface area contributed by atoms with Crippen LogP contribution in [0, 0.1) is 0 Å². The van der Waals surface area contributed by atoms with Crippen molar-refractivity contribution in [2.45, 2.75) is 25.7 Å². The van der Waals surface area contributed by atoms with E-state index in [0.717, 1.165) is 31.4 Å². The van der Waals surface area contributed by atoms with Crippen LogP contribution in [0.2, 0.25) is 5.02 Å². The summed E-state index contributed by atoms with van der Waals surface area (Å²) in [6.45, 7) is 0.682. The summed E-state index contributed by atoms with van der Waals surface area (Å²) in [5.41, 5.74) is 0.735. The van der Waals surface area contributed by atoms with Crippen molar-refractivity contribution < 1.29 is 4.79 Å². The number of amides is 2. The molecule has 2 amide bonds. The van der Waals surface area contributed by atoms with E-state index in [0.29, 0.717) is 17.4 Å². The molecule has 0 aliphatic heterocycles. The molecule has 0 fully saturated rings. The maximum absolute atomic E-state index is 11.5. The van der Waals surface area contributed by atoms with Gasteiger partial charge in [0.25, 0.3) is 0 Å². The first-order chi connectivity index (χ1) is 8.72. The van der Waals surface area contributed by atoms with Crippen LogP contribution in [0.25, 0.3) is 0 Å². The number of nitrogens with one attached hydrogen (secondary N) is 2. The molecule has 0 heterocycles. The predicted molar refractivity (Wildman–Crippen MR) is 77.7 cm³/mol. The van der Waals surface area contributed by atoms with E-state index >= 15 is 0 Å². The van der Waals surface area contributed by atoms with E-state index in [1.54, 1.807) is 24.3 Å². The van der Waals surface area contributed by atoms with Crippen LogP contribution < -0.4 is 10.6 Å². The summed E-state index contributed by atoms with van der Waals surface area (Å²) in [5, 5.41) is 6.20. The molecular formula is C13H18Cl2N2O. The fourth-order valence-corrected chi connectivity index (χ4v) is 1.80. The monoisotopic (exact) mass is 288 g/mol. The summed E-state index contributed by atoms with van der Waals surface area (Å²) in [6, 6.07) is 6.83. The van der Waals surface area contributed by atoms with Gasteiger partial charge in [0.2, 0.25) is 0 Å². The minimum absolute atomic E-state index is 0.185. The van der Waals surface area contributed by atoms with Crippen molar-refractivity contribution in [3.8, 4) is 0 Å². The number of halogens is 2. The Hall–Kier alpha value is -0.930. The number of alkyl halides is 1. The number of urea groups is 1. The Bertz CT molecular complexity index is 355. The Kier molecular flexibility index (Phi) is 7.62. The molecule has 5 heteroatoms. The molecule has 0 saturated heterocycles. The summed E-state index contributed by atoms with van der Waals surface area (Å²) >= 11 is 11.3. The molecule has 0 atom stereocenters. The van der Waals surface area contributed by atoms with Crippen molar-refractivity contribution in [3.05, 3.63) is 29.3 Å². The van der Waals surface area contributed by atoms with Gasteiger partial charge in [-0.2, -0.15) is 0 Å². The second-order valence-corrected chi connectivity index (χ2v) is 4.81. The van der Waals surface area contributed by atoms with Crippen molar-refractivity contribution in [3.63, 3.8) is 0 Å². The van der Waals surface area contributed by atoms with Gasteiger partial charge in [0.15, 0.2) is 0 Å². The van der Waals surface area contributed by atoms with Crippen LogP contribution in [0.4, 0.5) is 10.5 Å². The van der Waals surface area contributed by atoms with Gasteiger partial charge in [-0.15, -0.1) is 11.6 Å². The van der Waals surface area contributed by atoms with Crippen LogP contribution in [0.5, 0.6) is 0 Å². The summed E-state index contributed by atoms with van der Waals surface area (Å²) < 4.78 is 0. The van der Waals surface area contributed by atoms with Crippen LogP contribution in [-0.2, 0) is 0 Å². The first kappa shape index (κ1) is 15.1. The molecule has 0 saturated carbocycles. The number of rotatable bonds is 7. The van der Waals surface area contributed by atoms with Gasteiger partial charge in [0.1, 0.15) is 0 Å². The van der Waals surface area contributed by atoms with Crippen molar-refractivity contribution >= 4 is 34.9 Å². The lowest BCUT2D eigenvalue weighted by atomic mass is 10.2. The molecule has 0 bridgehead atoms. The zero-order valence-electron chi connectivity index (χ0n) is 10.2. The molecule has 2 N–H and O–H groups in total. The molecule has 0 unspecified atom stereocenters. The molecule has 1 aromatic carbocycles. The fraction of sp³-hybridized carbons (Fsp3) is 0.462. The maximum Gasteiger partial charge on any atom is 0.319 e. The van der Waals surface area contributed by atoms with E-state index < -0.39 is 0 Å². The third-order valence-corrected chi connectivity index (χ3v) is 2.97. The highest BCUT2D eigenvalue weighted by molar-refractivity contribution is 6.30. The lowest BCUT2D eigenvalue weighted by Crippen LogP contribution is -2.29. The van der Waals surface area contributed by atoms with Gasteiger partial charge in [0.05, 0.1) is 0 Å². The Labute approximate surface area is 118 Å². The third kappa shape index (κ3) is 6.72. The number of unbranched alkanes of at least 4 members (excludes halogenated alkanes) is 3. The largest absolute Gasteiger partial charge is 0.338 e. The minimum Gasteiger partial charge on any atom is -0.338 e. The smallest absolute Gasteiger partial charge is 0.319 e. The van der Waals surface area contributed by atoms with E-state index in [4.69, 9.17) is 23.2 Å². The fourth-order valence-electron chi connectivity index (χ4n) is 1.48. The van der Waals surface area contributed by atoms with Crippen LogP contribution in [-0.4, -0.2) is 18.5 Å². The van der Waals surface area contributed by atoms with E-state index in [1.165, 1.54) is 0 Å². The Morgan fingerprint density at radius 1 is 1.06 bits per heavy atom. The van der Waals surface area contributed by atoms with E-state index in [-0.39, 0.29) is 6.03 Å². The molecule has 18 heavy (non-hydrogen) atoms. The maximum atomic E-state index is 11.5. The number of anilines is 1. The second kappa shape index (κ2) is 9.06. The number of hydrogen-bond donors (Lipinski definition) is 2. The zero-order chi connectivity index (χ0) is 13.2. The van der Waals surface area contributed by atoms with E-state index in [2.05, 4.69) is 10.6 Å². The van der Waals surface area contributed by atoms with Crippen LogP contribution in [0.1, 0.15) is 25.7 Å². The average Bonchev–Trinajstić information content (AvgIpc) is 2.36. The number of carbonyl (C=O) groups excluding carboxylic acids is 1. The van der Waals surface area contributed by atoms with Gasteiger partial charge in [-0.3, -0.25) is 0 Å². The van der Waals surface area contributed by atoms with Gasteiger partial charge >= 0.3 is 6.03 Å². The predicted octanol–water partition coefficient (Wildman–Crippen LogP) is 4.26. The van der Waals surface area contributed by atoms with Crippen molar-refractivity contribution in [2.24, 2.45) is 0 Å². The SMILES string of the molecule is O=C(NCCCCCCCl)Nc1ccc(Cl)cc1. The molecule has 1 rings (SSSR count). The Morgan fingerprint density at radius 3 is 2.39 bits per heavy atom. The molecule has 1 aromatic rings. The quantitative estimate of drug-likeness (QED) is 0.571. The lowest BCUT2D eigenvalue weighted by molar-refractivity contribution is 0.252. The van der Waals surface area contributed by atoms with Crippen LogP contribution in [0.15, 0.2) is 24.3 Å². The van der Waals surface area contributed by atoms with Crippen LogP contribution in [0.3, 0.4) is 0 Å². The highest BCUT2D eigenvalue weighted by Gasteiger charge is 2.00. The van der Waals surface area contributed by atoms with Crippen molar-refractivity contribution in [1.29, 1.82) is 0 Å². The Morgan fingerprint density at radius 2 is 1.72 bits per heavy atom. The Balaban J connectivity index is 2.12. The summed E-state index contributed by atoms with van der Waals surface area (Å²) in [5.74, 6) is 0.713. The van der Waals surface area contributed by atoms with Crippen LogP contribution >= 0.6 is 23.2 Å². The standard InChI is InChI=1S/C13H18Cl2N2O/c14-9-3-1-2-4-10-16-13(18)17-12-7-5-11(15)6-8-12/h5-8H,1-4,9-10H2,(H2,16,17,18). The van der Waals surface area contributed by atoms with Gasteiger partial charge in [0, 0.05) is 23.1 Å². The first-order valence-corrected chi connectivity index (χ1v) is 7.00. The van der Waals surface area contributed by atoms with Gasteiger partial charge in [-0.25, -0.2) is 4.79 Å². The molecular weight excluding hydrogens is 271 g/mol. The third-order valence-electron chi connectivity index (χ3n) is 2.45. The molecule has 0 spiro atoms. The molecule has 100 valence electrons. The molecule has 0 aliphatic carbocycles. The summed E-state index contributed by atoms with van der Waals surface area (Å²) in [6.07, 6.45) is 4.22. The number of benzene rings is 1. The van der Waals surface area contributed by atoms with Gasteiger partial charge in [-0.1, -0.05) is 24.4 Å².